The number of hydrogen-bond donors (Lipinski definition) is 0. The van der Waals surface area contributed by atoms with Crippen LogP contribution in [0.15, 0.2) is 35.1 Å². The molecule has 2 aromatic heterocycles. The van der Waals surface area contributed by atoms with E-state index in [9.17, 15) is 4.79 Å². The molecule has 7 nitrogen and oxygen atoms in total. The van der Waals surface area contributed by atoms with Gasteiger partial charge in [0.15, 0.2) is 5.76 Å². The normalized spacial score (nSPS) is 16.4. The Labute approximate surface area is 153 Å². The highest BCUT2D eigenvalue weighted by molar-refractivity contribution is 5.75. The topological polar surface area (TPSA) is 71.7 Å². The molecular formula is C19H26N4O3. The molecule has 26 heavy (non-hydrogen) atoms. The summed E-state index contributed by atoms with van der Waals surface area (Å²) < 4.78 is 10.8. The Morgan fingerprint density at radius 1 is 1.31 bits per heavy atom. The summed E-state index contributed by atoms with van der Waals surface area (Å²) >= 11 is 0. The van der Waals surface area contributed by atoms with Gasteiger partial charge in [0, 0.05) is 56.6 Å². The van der Waals surface area contributed by atoms with Crippen molar-refractivity contribution in [1.29, 1.82) is 0 Å². The Balaban J connectivity index is 1.47. The molecule has 0 N–H and O–H groups in total. The van der Waals surface area contributed by atoms with E-state index in [-0.39, 0.29) is 5.91 Å². The highest BCUT2D eigenvalue weighted by atomic mass is 16.5. The van der Waals surface area contributed by atoms with Crippen molar-refractivity contribution in [2.24, 2.45) is 0 Å². The smallest absolute Gasteiger partial charge is 0.222 e. The van der Waals surface area contributed by atoms with Gasteiger partial charge in [0.25, 0.3) is 0 Å². The van der Waals surface area contributed by atoms with Crippen molar-refractivity contribution in [3.63, 3.8) is 0 Å². The van der Waals surface area contributed by atoms with Crippen molar-refractivity contribution in [2.75, 3.05) is 33.4 Å². The van der Waals surface area contributed by atoms with Crippen LogP contribution < -0.4 is 0 Å². The lowest BCUT2D eigenvalue weighted by molar-refractivity contribution is -0.131. The van der Waals surface area contributed by atoms with Gasteiger partial charge in [-0.3, -0.25) is 14.7 Å². The monoisotopic (exact) mass is 358 g/mol. The molecule has 1 fully saturated rings. The number of hydrogen-bond acceptors (Lipinski definition) is 6. The Morgan fingerprint density at radius 3 is 2.77 bits per heavy atom. The van der Waals surface area contributed by atoms with Crippen molar-refractivity contribution in [2.45, 2.75) is 32.4 Å². The van der Waals surface area contributed by atoms with E-state index < -0.39 is 0 Å². The minimum atomic E-state index is 0.118. The van der Waals surface area contributed by atoms with Gasteiger partial charge in [0.05, 0.1) is 19.8 Å². The van der Waals surface area contributed by atoms with Crippen LogP contribution in [0.5, 0.6) is 0 Å². The van der Waals surface area contributed by atoms with Gasteiger partial charge in [0.1, 0.15) is 5.69 Å². The first-order valence-electron chi connectivity index (χ1n) is 9.05. The van der Waals surface area contributed by atoms with E-state index in [1.165, 1.54) is 0 Å². The van der Waals surface area contributed by atoms with Crippen molar-refractivity contribution < 1.29 is 14.1 Å². The van der Waals surface area contributed by atoms with Crippen LogP contribution in [0.25, 0.3) is 11.3 Å². The Bertz CT molecular complexity index is 698. The lowest BCUT2D eigenvalue weighted by Gasteiger charge is -2.32. The number of pyridine rings is 1. The van der Waals surface area contributed by atoms with Crippen molar-refractivity contribution in [3.05, 3.63) is 36.4 Å². The average molecular weight is 358 g/mol. The summed E-state index contributed by atoms with van der Waals surface area (Å²) in [6.07, 6.45) is 4.81. The van der Waals surface area contributed by atoms with E-state index in [4.69, 9.17) is 9.26 Å². The molecule has 1 unspecified atom stereocenters. The van der Waals surface area contributed by atoms with Crippen molar-refractivity contribution in [3.8, 4) is 11.3 Å². The fourth-order valence-electron chi connectivity index (χ4n) is 3.09. The minimum absolute atomic E-state index is 0.118. The Kier molecular flexibility index (Phi) is 6.35. The second kappa shape index (κ2) is 8.91. The SMILES string of the molecule is CC(CCC(=O)N(C)Cc1cc(-c2ccncc2)no1)N1CCOCC1. The fraction of sp³-hybridized carbons (Fsp3) is 0.526. The maximum atomic E-state index is 12.4. The van der Waals surface area contributed by atoms with Crippen LogP contribution >= 0.6 is 0 Å². The van der Waals surface area contributed by atoms with E-state index in [1.807, 2.05) is 18.2 Å². The van der Waals surface area contributed by atoms with Crippen LogP contribution in [0.1, 0.15) is 25.5 Å². The van der Waals surface area contributed by atoms with Gasteiger partial charge in [0.2, 0.25) is 5.91 Å². The Morgan fingerprint density at radius 2 is 2.04 bits per heavy atom. The second-order valence-corrected chi connectivity index (χ2v) is 6.70. The zero-order chi connectivity index (χ0) is 18.4. The van der Waals surface area contributed by atoms with E-state index in [1.54, 1.807) is 24.3 Å². The highest BCUT2D eigenvalue weighted by Crippen LogP contribution is 2.19. The highest BCUT2D eigenvalue weighted by Gasteiger charge is 2.19. The van der Waals surface area contributed by atoms with Crippen molar-refractivity contribution >= 4 is 5.91 Å². The molecule has 1 amide bonds. The maximum Gasteiger partial charge on any atom is 0.222 e. The van der Waals surface area contributed by atoms with Gasteiger partial charge in [-0.2, -0.15) is 0 Å². The summed E-state index contributed by atoms with van der Waals surface area (Å²) in [6.45, 7) is 6.05. The van der Waals surface area contributed by atoms with E-state index >= 15 is 0 Å². The summed E-state index contributed by atoms with van der Waals surface area (Å²) in [5, 5.41) is 4.07. The standard InChI is InChI=1S/C19H26N4O3/c1-15(23-9-11-25-12-10-23)3-4-19(24)22(2)14-17-13-18(21-26-17)16-5-7-20-8-6-16/h5-8,13,15H,3-4,9-12,14H2,1-2H3. The van der Waals surface area contributed by atoms with Crippen LogP contribution in [0.3, 0.4) is 0 Å². The average Bonchev–Trinajstić information content (AvgIpc) is 3.15. The molecule has 1 aliphatic rings. The molecule has 2 aromatic rings. The molecule has 0 spiro atoms. The zero-order valence-electron chi connectivity index (χ0n) is 15.4. The molecule has 0 saturated carbocycles. The molecule has 0 radical (unpaired) electrons. The second-order valence-electron chi connectivity index (χ2n) is 6.70. The molecule has 0 aliphatic carbocycles. The number of ether oxygens (including phenoxy) is 1. The number of amides is 1. The third-order valence-electron chi connectivity index (χ3n) is 4.80. The maximum absolute atomic E-state index is 12.4. The van der Waals surface area contributed by atoms with E-state index in [0.717, 1.165) is 44.0 Å². The van der Waals surface area contributed by atoms with Gasteiger partial charge in [-0.25, -0.2) is 0 Å². The van der Waals surface area contributed by atoms with Gasteiger partial charge >= 0.3 is 0 Å². The molecule has 7 heteroatoms. The number of carbonyl (C=O) groups is 1. The van der Waals surface area contributed by atoms with Gasteiger partial charge in [-0.05, 0) is 25.5 Å². The Hall–Kier alpha value is -2.25. The number of morpholine rings is 1. The minimum Gasteiger partial charge on any atom is -0.379 e. The van der Waals surface area contributed by atoms with Gasteiger partial charge in [-0.15, -0.1) is 0 Å². The molecule has 3 rings (SSSR count). The number of carbonyl (C=O) groups excluding carboxylic acids is 1. The van der Waals surface area contributed by atoms with Crippen LogP contribution in [0.4, 0.5) is 0 Å². The third-order valence-corrected chi connectivity index (χ3v) is 4.80. The molecular weight excluding hydrogens is 332 g/mol. The number of nitrogens with zero attached hydrogens (tertiary/aromatic N) is 4. The predicted molar refractivity (Wildman–Crippen MR) is 97.3 cm³/mol. The van der Waals surface area contributed by atoms with Gasteiger partial charge < -0.3 is 14.2 Å². The lowest BCUT2D eigenvalue weighted by atomic mass is 10.1. The van der Waals surface area contributed by atoms with Crippen LogP contribution in [-0.4, -0.2) is 65.2 Å². The summed E-state index contributed by atoms with van der Waals surface area (Å²) in [5.41, 5.74) is 1.70. The van der Waals surface area contributed by atoms with E-state index in [0.29, 0.717) is 24.8 Å². The first-order chi connectivity index (χ1) is 12.6. The molecule has 0 aromatic carbocycles. The quantitative estimate of drug-likeness (QED) is 0.756. The molecule has 3 heterocycles. The van der Waals surface area contributed by atoms with Crippen LogP contribution in [0.2, 0.25) is 0 Å². The number of aromatic nitrogens is 2. The largest absolute Gasteiger partial charge is 0.379 e. The summed E-state index contributed by atoms with van der Waals surface area (Å²) in [4.78, 5) is 20.5. The zero-order valence-corrected chi connectivity index (χ0v) is 15.4. The first kappa shape index (κ1) is 18.5. The summed E-state index contributed by atoms with van der Waals surface area (Å²) in [6, 6.07) is 6.02. The molecule has 140 valence electrons. The third kappa shape index (κ3) is 4.89. The fourth-order valence-corrected chi connectivity index (χ4v) is 3.09. The lowest BCUT2D eigenvalue weighted by Crippen LogP contribution is -2.42. The van der Waals surface area contributed by atoms with Crippen molar-refractivity contribution in [1.82, 2.24) is 19.9 Å². The van der Waals surface area contributed by atoms with Crippen LogP contribution in [0, 0.1) is 0 Å². The van der Waals surface area contributed by atoms with Gasteiger partial charge in [-0.1, -0.05) is 5.16 Å². The molecule has 1 atom stereocenters. The summed E-state index contributed by atoms with van der Waals surface area (Å²) in [5.74, 6) is 0.792. The first-order valence-corrected chi connectivity index (χ1v) is 9.05. The predicted octanol–water partition coefficient (Wildman–Crippen LogP) is 2.20. The number of rotatable bonds is 7. The summed E-state index contributed by atoms with van der Waals surface area (Å²) in [7, 11) is 1.80. The molecule has 1 aliphatic heterocycles. The van der Waals surface area contributed by atoms with E-state index in [2.05, 4.69) is 22.0 Å². The van der Waals surface area contributed by atoms with Crippen LogP contribution in [-0.2, 0) is 16.1 Å². The molecule has 1 saturated heterocycles. The molecule has 0 bridgehead atoms.